The van der Waals surface area contributed by atoms with Gasteiger partial charge in [-0.2, -0.15) is 0 Å². The van der Waals surface area contributed by atoms with Gasteiger partial charge in [-0.05, 0) is 48.5 Å². The maximum absolute atomic E-state index is 5.77. The molecule has 0 radical (unpaired) electrons. The van der Waals surface area contributed by atoms with Crippen LogP contribution in [0, 0.1) is 0 Å². The van der Waals surface area contributed by atoms with Gasteiger partial charge in [-0.1, -0.05) is 6.92 Å². The molecule has 0 saturated heterocycles. The highest BCUT2D eigenvalue weighted by atomic mass is 32.2. The lowest BCUT2D eigenvalue weighted by atomic mass is 10.2. The first-order valence-corrected chi connectivity index (χ1v) is 9.29. The van der Waals surface area contributed by atoms with Gasteiger partial charge < -0.3 is 9.15 Å². The van der Waals surface area contributed by atoms with E-state index in [1.54, 1.807) is 24.8 Å². The maximum atomic E-state index is 5.77. The third-order valence-corrected chi connectivity index (χ3v) is 5.67. The van der Waals surface area contributed by atoms with Crippen LogP contribution in [0.15, 0.2) is 51.3 Å². The van der Waals surface area contributed by atoms with Gasteiger partial charge in [-0.25, -0.2) is 9.97 Å². The topological polar surface area (TPSA) is 73.9 Å². The van der Waals surface area contributed by atoms with Crippen LogP contribution >= 0.6 is 23.1 Å². The smallest absolute Gasteiger partial charge is 0.283 e. The second kappa shape index (κ2) is 6.81. The van der Waals surface area contributed by atoms with Crippen molar-refractivity contribution >= 4 is 33.3 Å². The highest BCUT2D eigenvalue weighted by Gasteiger charge is 2.14. The minimum atomic E-state index is 0.454. The Morgan fingerprint density at radius 1 is 1.16 bits per heavy atom. The summed E-state index contributed by atoms with van der Waals surface area (Å²) in [6.45, 7) is 2.13. The predicted molar refractivity (Wildman–Crippen MR) is 97.2 cm³/mol. The number of hydrogen-bond donors (Lipinski definition) is 0. The zero-order valence-corrected chi connectivity index (χ0v) is 15.2. The van der Waals surface area contributed by atoms with Gasteiger partial charge in [0.2, 0.25) is 5.89 Å². The monoisotopic (exact) mass is 370 g/mol. The van der Waals surface area contributed by atoms with Crippen LogP contribution in [-0.4, -0.2) is 27.3 Å². The van der Waals surface area contributed by atoms with E-state index in [2.05, 4.69) is 33.2 Å². The lowest BCUT2D eigenvalue weighted by Crippen LogP contribution is -1.83. The molecule has 0 unspecified atom stereocenters. The molecule has 0 aliphatic heterocycles. The molecule has 0 aliphatic carbocycles. The van der Waals surface area contributed by atoms with Crippen LogP contribution in [0.25, 0.3) is 21.7 Å². The number of aromatic nitrogens is 4. The van der Waals surface area contributed by atoms with Gasteiger partial charge in [0.1, 0.15) is 21.9 Å². The molecule has 6 nitrogen and oxygen atoms in total. The Morgan fingerprint density at radius 3 is 2.76 bits per heavy atom. The third kappa shape index (κ3) is 3.22. The number of thiophene rings is 1. The van der Waals surface area contributed by atoms with Crippen molar-refractivity contribution in [1.29, 1.82) is 0 Å². The molecule has 1 aromatic carbocycles. The van der Waals surface area contributed by atoms with Crippen molar-refractivity contribution in [3.05, 3.63) is 41.5 Å². The highest BCUT2D eigenvalue weighted by molar-refractivity contribution is 7.99. The molecule has 0 atom stereocenters. The summed E-state index contributed by atoms with van der Waals surface area (Å²) in [5.74, 6) is 1.25. The van der Waals surface area contributed by atoms with Crippen molar-refractivity contribution in [2.75, 3.05) is 7.11 Å². The first kappa shape index (κ1) is 16.0. The Hall–Kier alpha value is -2.45. The lowest BCUT2D eigenvalue weighted by Gasteiger charge is -1.99. The van der Waals surface area contributed by atoms with Crippen LogP contribution < -0.4 is 4.74 Å². The van der Waals surface area contributed by atoms with E-state index < -0.39 is 0 Å². The second-order valence-corrected chi connectivity index (χ2v) is 7.22. The van der Waals surface area contributed by atoms with Gasteiger partial charge in [0, 0.05) is 15.8 Å². The van der Waals surface area contributed by atoms with Crippen molar-refractivity contribution in [2.45, 2.75) is 23.6 Å². The molecule has 4 rings (SSSR count). The molecule has 3 heterocycles. The van der Waals surface area contributed by atoms with E-state index in [0.29, 0.717) is 11.1 Å². The minimum absolute atomic E-state index is 0.454. The van der Waals surface area contributed by atoms with Crippen molar-refractivity contribution in [3.8, 4) is 17.2 Å². The van der Waals surface area contributed by atoms with Crippen LogP contribution in [0.4, 0.5) is 0 Å². The molecular formula is C17H14N4O2S2. The summed E-state index contributed by atoms with van der Waals surface area (Å²) in [7, 11) is 1.63. The number of rotatable bonds is 5. The van der Waals surface area contributed by atoms with Gasteiger partial charge in [0.05, 0.1) is 7.11 Å². The number of benzene rings is 1. The molecule has 0 saturated carbocycles. The molecule has 0 aliphatic rings. The predicted octanol–water partition coefficient (Wildman–Crippen LogP) is 4.46. The molecule has 25 heavy (non-hydrogen) atoms. The molecule has 0 N–H and O–H groups in total. The first-order valence-electron chi connectivity index (χ1n) is 7.66. The molecule has 0 spiro atoms. The first-order chi connectivity index (χ1) is 12.3. The number of methoxy groups -OCH3 is 1. The van der Waals surface area contributed by atoms with Gasteiger partial charge in [0.15, 0.2) is 0 Å². The summed E-state index contributed by atoms with van der Waals surface area (Å²) in [6, 6.07) is 9.62. The zero-order chi connectivity index (χ0) is 17.2. The molecule has 0 bridgehead atoms. The number of aryl methyl sites for hydroxylation is 1. The summed E-state index contributed by atoms with van der Waals surface area (Å²) < 4.78 is 10.9. The van der Waals surface area contributed by atoms with Gasteiger partial charge in [-0.3, -0.25) is 0 Å². The van der Waals surface area contributed by atoms with E-state index in [9.17, 15) is 0 Å². The zero-order valence-electron chi connectivity index (χ0n) is 13.6. The van der Waals surface area contributed by atoms with Gasteiger partial charge in [0.25, 0.3) is 5.22 Å². The fourth-order valence-electron chi connectivity index (χ4n) is 2.32. The Kier molecular flexibility index (Phi) is 4.37. The van der Waals surface area contributed by atoms with E-state index in [0.717, 1.165) is 33.0 Å². The number of hydrogen-bond acceptors (Lipinski definition) is 8. The quantitative estimate of drug-likeness (QED) is 0.480. The number of nitrogens with zero attached hydrogens (tertiary/aromatic N) is 4. The molecule has 3 aromatic heterocycles. The van der Waals surface area contributed by atoms with Crippen LogP contribution in [0.2, 0.25) is 0 Å². The molecule has 126 valence electrons. The second-order valence-electron chi connectivity index (χ2n) is 5.17. The Balaban J connectivity index is 1.61. The van der Waals surface area contributed by atoms with Crippen molar-refractivity contribution in [2.24, 2.45) is 0 Å². The van der Waals surface area contributed by atoms with Crippen LogP contribution in [0.5, 0.6) is 5.75 Å². The van der Waals surface area contributed by atoms with Gasteiger partial charge >= 0.3 is 0 Å². The third-order valence-electron chi connectivity index (χ3n) is 3.62. The molecule has 8 heteroatoms. The van der Waals surface area contributed by atoms with Crippen LogP contribution in [-0.2, 0) is 6.42 Å². The number of ether oxygens (including phenoxy) is 1. The number of fused-ring (bicyclic) bond motifs is 1. The fourth-order valence-corrected chi connectivity index (χ4v) is 4.06. The fraction of sp³-hybridized carbons (Fsp3) is 0.176. The standard InChI is InChI=1S/C17H14N4O2S2/c1-3-12-8-13-15(24-12)18-9-19-16(13)25-17-21-20-14(23-17)10-4-6-11(22-2)7-5-10/h4-9H,3H2,1-2H3. The minimum Gasteiger partial charge on any atom is -0.497 e. The summed E-state index contributed by atoms with van der Waals surface area (Å²) >= 11 is 3.04. The SMILES string of the molecule is CCc1cc2c(Sc3nnc(-c4ccc(OC)cc4)o3)ncnc2s1. The van der Waals surface area contributed by atoms with Crippen LogP contribution in [0.1, 0.15) is 11.8 Å². The maximum Gasteiger partial charge on any atom is 0.283 e. The van der Waals surface area contributed by atoms with E-state index in [4.69, 9.17) is 9.15 Å². The van der Waals surface area contributed by atoms with Crippen molar-refractivity contribution in [1.82, 2.24) is 20.2 Å². The van der Waals surface area contributed by atoms with Crippen molar-refractivity contribution < 1.29 is 9.15 Å². The summed E-state index contributed by atoms with van der Waals surface area (Å²) in [6.07, 6.45) is 2.55. The summed E-state index contributed by atoms with van der Waals surface area (Å²) in [5, 5.41) is 10.5. The van der Waals surface area contributed by atoms with E-state index >= 15 is 0 Å². The molecule has 4 aromatic rings. The largest absolute Gasteiger partial charge is 0.497 e. The lowest BCUT2D eigenvalue weighted by molar-refractivity contribution is 0.414. The van der Waals surface area contributed by atoms with Crippen LogP contribution in [0.3, 0.4) is 0 Å². The summed E-state index contributed by atoms with van der Waals surface area (Å²) in [4.78, 5) is 11.0. The van der Waals surface area contributed by atoms with E-state index in [-0.39, 0.29) is 0 Å². The van der Waals surface area contributed by atoms with E-state index in [1.807, 2.05) is 24.3 Å². The normalized spacial score (nSPS) is 11.1. The van der Waals surface area contributed by atoms with E-state index in [1.165, 1.54) is 16.6 Å². The van der Waals surface area contributed by atoms with Crippen molar-refractivity contribution in [3.63, 3.8) is 0 Å². The average molecular weight is 370 g/mol. The Bertz CT molecular complexity index is 1010. The summed E-state index contributed by atoms with van der Waals surface area (Å²) in [5.41, 5.74) is 0.844. The molecule has 0 fully saturated rings. The van der Waals surface area contributed by atoms with Gasteiger partial charge in [-0.15, -0.1) is 21.5 Å². The highest BCUT2D eigenvalue weighted by Crippen LogP contribution is 2.35. The average Bonchev–Trinajstić information content (AvgIpc) is 3.29. The Labute approximate surface area is 152 Å². The molecule has 0 amide bonds. The Morgan fingerprint density at radius 2 is 2.00 bits per heavy atom. The molecular weight excluding hydrogens is 356 g/mol.